The van der Waals surface area contributed by atoms with Gasteiger partial charge in [0, 0.05) is 6.54 Å². The predicted molar refractivity (Wildman–Crippen MR) is 110 cm³/mol. The Morgan fingerprint density at radius 3 is 2.48 bits per heavy atom. The number of ether oxygens (including phenoxy) is 1. The summed E-state index contributed by atoms with van der Waals surface area (Å²) in [5.74, 6) is 0.700. The fourth-order valence-corrected chi connectivity index (χ4v) is 4.43. The van der Waals surface area contributed by atoms with Crippen molar-refractivity contribution in [2.45, 2.75) is 70.9 Å². The first-order valence-corrected chi connectivity index (χ1v) is 10.9. The maximum Gasteiger partial charge on any atom is 0.410 e. The van der Waals surface area contributed by atoms with E-state index >= 15 is 0 Å². The molecule has 2 fully saturated rings. The molecular weight excluding hydrogens is 336 g/mol. The molecular formula is C23H36N2O2. The van der Waals surface area contributed by atoms with Crippen LogP contribution in [0, 0.1) is 5.92 Å². The zero-order valence-electron chi connectivity index (χ0n) is 17.1. The molecule has 0 spiro atoms. The first-order chi connectivity index (χ1) is 13.1. The summed E-state index contributed by atoms with van der Waals surface area (Å²) in [6, 6.07) is 10.4. The van der Waals surface area contributed by atoms with Crippen LogP contribution in [0.4, 0.5) is 4.79 Å². The second kappa shape index (κ2) is 10.1. The lowest BCUT2D eigenvalue weighted by atomic mass is 9.95. The highest BCUT2D eigenvalue weighted by atomic mass is 16.6. The van der Waals surface area contributed by atoms with Crippen LogP contribution >= 0.6 is 0 Å². The Kier molecular flexibility index (Phi) is 7.57. The normalized spacial score (nSPS) is 23.8. The lowest BCUT2D eigenvalue weighted by molar-refractivity contribution is 0.128. The molecule has 0 aliphatic carbocycles. The Labute approximate surface area is 164 Å². The first kappa shape index (κ1) is 20.2. The van der Waals surface area contributed by atoms with Crippen LogP contribution in [0.25, 0.3) is 0 Å². The highest BCUT2D eigenvalue weighted by Gasteiger charge is 2.41. The van der Waals surface area contributed by atoms with Gasteiger partial charge >= 0.3 is 6.09 Å². The van der Waals surface area contributed by atoms with E-state index in [2.05, 4.69) is 30.9 Å². The second-order valence-corrected chi connectivity index (χ2v) is 8.56. The average Bonchev–Trinajstić information content (AvgIpc) is 2.99. The second-order valence-electron chi connectivity index (χ2n) is 8.56. The van der Waals surface area contributed by atoms with Crippen molar-refractivity contribution in [2.24, 2.45) is 5.92 Å². The van der Waals surface area contributed by atoms with E-state index in [1.165, 1.54) is 38.8 Å². The third kappa shape index (κ3) is 5.71. The maximum absolute atomic E-state index is 12.6. The molecule has 0 bridgehead atoms. The van der Waals surface area contributed by atoms with Gasteiger partial charge in [-0.15, -0.1) is 0 Å². The van der Waals surface area contributed by atoms with Gasteiger partial charge in [0.15, 0.2) is 0 Å². The molecule has 3 rings (SSSR count). The Morgan fingerprint density at radius 1 is 1.04 bits per heavy atom. The van der Waals surface area contributed by atoms with Crippen LogP contribution in [0.1, 0.15) is 70.5 Å². The topological polar surface area (TPSA) is 32.8 Å². The van der Waals surface area contributed by atoms with Gasteiger partial charge in [0.05, 0.1) is 6.04 Å². The molecule has 27 heavy (non-hydrogen) atoms. The van der Waals surface area contributed by atoms with Gasteiger partial charge in [-0.1, -0.05) is 63.4 Å². The van der Waals surface area contributed by atoms with Gasteiger partial charge in [0.25, 0.3) is 0 Å². The van der Waals surface area contributed by atoms with Gasteiger partial charge in [-0.2, -0.15) is 0 Å². The van der Waals surface area contributed by atoms with Crippen molar-refractivity contribution >= 4 is 6.09 Å². The number of rotatable bonds is 9. The highest BCUT2D eigenvalue weighted by Crippen LogP contribution is 2.35. The number of amides is 1. The monoisotopic (exact) mass is 372 g/mol. The molecule has 0 radical (unpaired) electrons. The molecule has 4 nitrogen and oxygen atoms in total. The lowest BCUT2D eigenvalue weighted by Gasteiger charge is -2.29. The van der Waals surface area contributed by atoms with Crippen molar-refractivity contribution in [1.82, 2.24) is 9.80 Å². The number of nitrogens with zero attached hydrogens (tertiary/aromatic N) is 2. The van der Waals surface area contributed by atoms with Crippen molar-refractivity contribution in [3.63, 3.8) is 0 Å². The van der Waals surface area contributed by atoms with E-state index in [0.717, 1.165) is 37.9 Å². The zero-order chi connectivity index (χ0) is 19.1. The number of hydrogen-bond acceptors (Lipinski definition) is 3. The van der Waals surface area contributed by atoms with Gasteiger partial charge in [-0.25, -0.2) is 4.79 Å². The minimum Gasteiger partial charge on any atom is -0.439 e. The summed E-state index contributed by atoms with van der Waals surface area (Å²) in [6.07, 6.45) is 8.16. The van der Waals surface area contributed by atoms with E-state index in [9.17, 15) is 4.79 Å². The molecule has 2 heterocycles. The standard InChI is InChI=1S/C23H36N2O2/c1-19(2)11-9-14-21-22(20-12-5-3-6-13-20)27-23(26)25(21)18-10-17-24-15-7-4-8-16-24/h3,5-6,12-13,19,21-22H,4,7-11,14-18H2,1-2H3. The van der Waals surface area contributed by atoms with Gasteiger partial charge < -0.3 is 14.5 Å². The third-order valence-corrected chi connectivity index (χ3v) is 5.94. The molecule has 1 amide bonds. The molecule has 4 heteroatoms. The van der Waals surface area contributed by atoms with Crippen LogP contribution in [0.3, 0.4) is 0 Å². The predicted octanol–water partition coefficient (Wildman–Crippen LogP) is 5.25. The fourth-order valence-electron chi connectivity index (χ4n) is 4.43. The summed E-state index contributed by atoms with van der Waals surface area (Å²) < 4.78 is 5.85. The molecule has 0 saturated carbocycles. The van der Waals surface area contributed by atoms with Crippen molar-refractivity contribution in [1.29, 1.82) is 0 Å². The van der Waals surface area contributed by atoms with E-state index in [-0.39, 0.29) is 18.2 Å². The molecule has 2 atom stereocenters. The number of likely N-dealkylation sites (tertiary alicyclic amines) is 1. The summed E-state index contributed by atoms with van der Waals surface area (Å²) in [5.41, 5.74) is 1.12. The number of cyclic esters (lactones) is 1. The molecule has 1 aromatic carbocycles. The van der Waals surface area contributed by atoms with E-state index < -0.39 is 0 Å². The van der Waals surface area contributed by atoms with Crippen LogP contribution in [0.15, 0.2) is 30.3 Å². The molecule has 2 unspecified atom stereocenters. The van der Waals surface area contributed by atoms with Crippen molar-refractivity contribution in [2.75, 3.05) is 26.2 Å². The summed E-state index contributed by atoms with van der Waals surface area (Å²) in [7, 11) is 0. The number of carbonyl (C=O) groups excluding carboxylic acids is 1. The Bertz CT molecular complexity index is 569. The number of piperidine rings is 1. The summed E-state index contributed by atoms with van der Waals surface area (Å²) in [4.78, 5) is 17.2. The fraction of sp³-hybridized carbons (Fsp3) is 0.696. The van der Waals surface area contributed by atoms with Gasteiger partial charge in [0.1, 0.15) is 6.10 Å². The highest BCUT2D eigenvalue weighted by molar-refractivity contribution is 5.71. The molecule has 150 valence electrons. The SMILES string of the molecule is CC(C)CCCC1C(c2ccccc2)OC(=O)N1CCCN1CCCCC1. The lowest BCUT2D eigenvalue weighted by Crippen LogP contribution is -2.38. The van der Waals surface area contributed by atoms with E-state index in [1.807, 2.05) is 23.1 Å². The van der Waals surface area contributed by atoms with Gasteiger partial charge in [0.2, 0.25) is 0 Å². The van der Waals surface area contributed by atoms with Gasteiger partial charge in [-0.3, -0.25) is 0 Å². The minimum atomic E-state index is -0.128. The van der Waals surface area contributed by atoms with Crippen LogP contribution in [-0.4, -0.2) is 48.1 Å². The van der Waals surface area contributed by atoms with Crippen molar-refractivity contribution < 1.29 is 9.53 Å². The van der Waals surface area contributed by atoms with E-state index in [1.54, 1.807) is 0 Å². The summed E-state index contributed by atoms with van der Waals surface area (Å²) in [5, 5.41) is 0. The smallest absolute Gasteiger partial charge is 0.410 e. The van der Waals surface area contributed by atoms with Crippen LogP contribution in [0.5, 0.6) is 0 Å². The van der Waals surface area contributed by atoms with Gasteiger partial charge in [-0.05, 0) is 56.8 Å². The maximum atomic E-state index is 12.6. The van der Waals surface area contributed by atoms with Crippen LogP contribution in [0.2, 0.25) is 0 Å². The molecule has 0 aromatic heterocycles. The summed E-state index contributed by atoms with van der Waals surface area (Å²) in [6.45, 7) is 8.87. The third-order valence-electron chi connectivity index (χ3n) is 5.94. The molecule has 2 saturated heterocycles. The molecule has 0 N–H and O–H groups in total. The minimum absolute atomic E-state index is 0.124. The average molecular weight is 373 g/mol. The van der Waals surface area contributed by atoms with E-state index in [4.69, 9.17) is 4.74 Å². The zero-order valence-corrected chi connectivity index (χ0v) is 17.1. The Hall–Kier alpha value is -1.55. The van der Waals surface area contributed by atoms with Crippen LogP contribution in [-0.2, 0) is 4.74 Å². The molecule has 2 aliphatic rings. The summed E-state index contributed by atoms with van der Waals surface area (Å²) >= 11 is 0. The van der Waals surface area contributed by atoms with Crippen molar-refractivity contribution in [3.8, 4) is 0 Å². The quantitative estimate of drug-likeness (QED) is 0.593. The van der Waals surface area contributed by atoms with Crippen molar-refractivity contribution in [3.05, 3.63) is 35.9 Å². The Morgan fingerprint density at radius 2 is 1.78 bits per heavy atom. The van der Waals surface area contributed by atoms with E-state index in [0.29, 0.717) is 5.92 Å². The number of benzene rings is 1. The van der Waals surface area contributed by atoms with Crippen LogP contribution < -0.4 is 0 Å². The molecule has 1 aromatic rings. The largest absolute Gasteiger partial charge is 0.439 e. The molecule has 2 aliphatic heterocycles. The Balaban J connectivity index is 1.61. The number of carbonyl (C=O) groups is 1. The first-order valence-electron chi connectivity index (χ1n) is 10.9. The number of hydrogen-bond donors (Lipinski definition) is 0.